The smallest absolute Gasteiger partial charge is 0.307 e. The molecule has 12 heavy (non-hydrogen) atoms. The summed E-state index contributed by atoms with van der Waals surface area (Å²) in [6, 6.07) is 5.38. The number of H-pyrrole nitrogens is 1. The van der Waals surface area contributed by atoms with Gasteiger partial charge in [-0.1, -0.05) is 12.1 Å². The van der Waals surface area contributed by atoms with E-state index in [0.29, 0.717) is 11.1 Å². The Morgan fingerprint density at radius 2 is 2.42 bits per heavy atom. The number of rotatable bonds is 2. The molecular formula is C8H7NO3. The fourth-order valence-corrected chi connectivity index (χ4v) is 1.15. The summed E-state index contributed by atoms with van der Waals surface area (Å²) in [5, 5.41) is 11.1. The highest BCUT2D eigenvalue weighted by Gasteiger charge is 2.09. The molecule has 0 aliphatic carbocycles. The molecule has 0 aliphatic heterocycles. The van der Waals surface area contributed by atoms with Gasteiger partial charge in [-0.15, -0.1) is 0 Å². The lowest BCUT2D eigenvalue weighted by Crippen LogP contribution is -2.01. The Labute approximate surface area is 67.8 Å². The van der Waals surface area contributed by atoms with E-state index in [4.69, 9.17) is 9.63 Å². The van der Waals surface area contributed by atoms with Gasteiger partial charge < -0.3 is 9.63 Å². The van der Waals surface area contributed by atoms with Gasteiger partial charge in [0.25, 0.3) is 0 Å². The SMILES string of the molecule is O=C(O)Cc1cccc2[nH]oc12. The molecular weight excluding hydrogens is 158 g/mol. The van der Waals surface area contributed by atoms with E-state index in [1.54, 1.807) is 12.1 Å². The van der Waals surface area contributed by atoms with Gasteiger partial charge in [0, 0.05) is 5.56 Å². The van der Waals surface area contributed by atoms with Crippen LogP contribution in [0, 0.1) is 0 Å². The van der Waals surface area contributed by atoms with Crippen LogP contribution in [0.3, 0.4) is 0 Å². The summed E-state index contributed by atoms with van der Waals surface area (Å²) < 4.78 is 4.89. The fourth-order valence-electron chi connectivity index (χ4n) is 1.15. The highest BCUT2D eigenvalue weighted by atomic mass is 16.5. The molecule has 1 aromatic heterocycles. The normalized spacial score (nSPS) is 10.7. The monoisotopic (exact) mass is 165 g/mol. The van der Waals surface area contributed by atoms with Crippen LogP contribution in [0.4, 0.5) is 0 Å². The molecule has 0 radical (unpaired) electrons. The van der Waals surface area contributed by atoms with Crippen LogP contribution in [0.5, 0.6) is 0 Å². The molecule has 0 aliphatic rings. The van der Waals surface area contributed by atoms with Crippen LogP contribution in [0.1, 0.15) is 5.56 Å². The van der Waals surface area contributed by atoms with Gasteiger partial charge in [0.2, 0.25) is 0 Å². The van der Waals surface area contributed by atoms with Crippen molar-refractivity contribution in [1.29, 1.82) is 0 Å². The van der Waals surface area contributed by atoms with Crippen LogP contribution in [0.15, 0.2) is 22.7 Å². The van der Waals surface area contributed by atoms with Crippen LogP contribution in [-0.2, 0) is 11.2 Å². The number of aromatic nitrogens is 1. The van der Waals surface area contributed by atoms with Crippen LogP contribution in [-0.4, -0.2) is 16.2 Å². The largest absolute Gasteiger partial charge is 0.481 e. The molecule has 0 spiro atoms. The first-order chi connectivity index (χ1) is 5.77. The first-order valence-electron chi connectivity index (χ1n) is 3.54. The lowest BCUT2D eigenvalue weighted by Gasteiger charge is -2.04. The molecule has 0 saturated heterocycles. The van der Waals surface area contributed by atoms with Crippen molar-refractivity contribution in [2.24, 2.45) is 0 Å². The van der Waals surface area contributed by atoms with Gasteiger partial charge in [-0.05, 0) is 6.07 Å². The minimum absolute atomic E-state index is 0.00481. The number of para-hydroxylation sites is 1. The highest BCUT2D eigenvalue weighted by Crippen LogP contribution is 2.19. The van der Waals surface area contributed by atoms with Gasteiger partial charge in [0.15, 0.2) is 5.58 Å². The molecule has 0 atom stereocenters. The van der Waals surface area contributed by atoms with Crippen LogP contribution >= 0.6 is 0 Å². The Balaban J connectivity index is 2.43. The highest BCUT2D eigenvalue weighted by molar-refractivity contribution is 5.82. The van der Waals surface area contributed by atoms with Crippen molar-refractivity contribution >= 4 is 17.1 Å². The van der Waals surface area contributed by atoms with Crippen molar-refractivity contribution in [2.45, 2.75) is 6.42 Å². The van der Waals surface area contributed by atoms with Crippen molar-refractivity contribution in [3.05, 3.63) is 23.8 Å². The minimum atomic E-state index is -0.848. The average Bonchev–Trinajstić information content (AvgIpc) is 1.91. The van der Waals surface area contributed by atoms with Gasteiger partial charge >= 0.3 is 5.97 Å². The van der Waals surface area contributed by atoms with Crippen LogP contribution in [0.2, 0.25) is 0 Å². The number of benzene rings is 1. The van der Waals surface area contributed by atoms with Crippen LogP contribution < -0.4 is 0 Å². The Morgan fingerprint density at radius 1 is 1.58 bits per heavy atom. The zero-order chi connectivity index (χ0) is 8.55. The number of fused-ring (bicyclic) bond motifs is 1. The Bertz CT molecular complexity index is 413. The third-order valence-electron chi connectivity index (χ3n) is 1.70. The van der Waals surface area contributed by atoms with Crippen molar-refractivity contribution in [3.8, 4) is 0 Å². The Kier molecular flexibility index (Phi) is 1.40. The predicted octanol–water partition coefficient (Wildman–Crippen LogP) is 1.39. The summed E-state index contributed by atoms with van der Waals surface area (Å²) in [6.07, 6.45) is 0.00481. The summed E-state index contributed by atoms with van der Waals surface area (Å²) in [6.45, 7) is 0. The Morgan fingerprint density at radius 3 is 3.00 bits per heavy atom. The second kappa shape index (κ2) is 2.41. The number of nitrogens with one attached hydrogen (secondary N) is 1. The predicted molar refractivity (Wildman–Crippen MR) is 41.9 cm³/mol. The molecule has 0 amide bonds. The van der Waals surface area contributed by atoms with Crippen molar-refractivity contribution in [3.63, 3.8) is 0 Å². The zero-order valence-electron chi connectivity index (χ0n) is 6.20. The molecule has 1 aromatic carbocycles. The maximum Gasteiger partial charge on any atom is 0.307 e. The quantitative estimate of drug-likeness (QED) is 0.706. The standard InChI is InChI=1S/C8H7NO3/c10-7(11)4-5-2-1-3-6-8(5)12-9-6/h1-3,9H,4H2,(H,10,11). The lowest BCUT2D eigenvalue weighted by molar-refractivity contribution is -0.136. The third kappa shape index (κ3) is 0.972. The first-order valence-corrected chi connectivity index (χ1v) is 3.54. The number of carbonyl (C=O) groups is 1. The maximum atomic E-state index is 10.4. The molecule has 2 N–H and O–H groups in total. The summed E-state index contributed by atoms with van der Waals surface area (Å²) in [5.74, 6) is -0.848. The van der Waals surface area contributed by atoms with E-state index >= 15 is 0 Å². The molecule has 2 rings (SSSR count). The van der Waals surface area contributed by atoms with E-state index in [0.717, 1.165) is 5.52 Å². The molecule has 2 aromatic rings. The van der Waals surface area contributed by atoms with E-state index in [9.17, 15) is 4.79 Å². The van der Waals surface area contributed by atoms with Gasteiger partial charge in [-0.25, -0.2) is 5.16 Å². The van der Waals surface area contributed by atoms with E-state index in [2.05, 4.69) is 5.16 Å². The molecule has 0 fully saturated rings. The number of carboxylic acids is 1. The minimum Gasteiger partial charge on any atom is -0.481 e. The molecule has 62 valence electrons. The molecule has 0 saturated carbocycles. The summed E-state index contributed by atoms with van der Waals surface area (Å²) in [5.41, 5.74) is 2.22. The summed E-state index contributed by atoms with van der Waals surface area (Å²) in [7, 11) is 0. The van der Waals surface area contributed by atoms with E-state index in [1.807, 2.05) is 6.07 Å². The van der Waals surface area contributed by atoms with E-state index in [1.165, 1.54) is 0 Å². The van der Waals surface area contributed by atoms with Crippen molar-refractivity contribution in [2.75, 3.05) is 0 Å². The van der Waals surface area contributed by atoms with E-state index < -0.39 is 5.97 Å². The van der Waals surface area contributed by atoms with Crippen LogP contribution in [0.25, 0.3) is 11.1 Å². The van der Waals surface area contributed by atoms with Gasteiger partial charge in [0.1, 0.15) is 5.52 Å². The maximum absolute atomic E-state index is 10.4. The summed E-state index contributed by atoms with van der Waals surface area (Å²) >= 11 is 0. The van der Waals surface area contributed by atoms with Gasteiger partial charge in [0.05, 0.1) is 6.42 Å². The van der Waals surface area contributed by atoms with E-state index in [-0.39, 0.29) is 6.42 Å². The average molecular weight is 165 g/mol. The molecule has 0 unspecified atom stereocenters. The second-order valence-electron chi connectivity index (χ2n) is 2.57. The molecule has 4 nitrogen and oxygen atoms in total. The topological polar surface area (TPSA) is 66.2 Å². The van der Waals surface area contributed by atoms with Gasteiger partial charge in [-0.3, -0.25) is 4.79 Å². The zero-order valence-corrected chi connectivity index (χ0v) is 6.20. The van der Waals surface area contributed by atoms with Gasteiger partial charge in [-0.2, -0.15) is 0 Å². The first kappa shape index (κ1) is 6.97. The van der Waals surface area contributed by atoms with Crippen molar-refractivity contribution < 1.29 is 14.4 Å². The second-order valence-corrected chi connectivity index (χ2v) is 2.57. The number of hydrogen-bond acceptors (Lipinski definition) is 2. The molecule has 0 bridgehead atoms. The Hall–Kier alpha value is -1.71. The number of aromatic amines is 1. The van der Waals surface area contributed by atoms with Crippen molar-refractivity contribution in [1.82, 2.24) is 5.16 Å². The number of carboxylic acid groups (broad SMARTS) is 1. The summed E-state index contributed by atoms with van der Waals surface area (Å²) in [4.78, 5) is 10.4. The molecule has 4 heteroatoms. The third-order valence-corrected chi connectivity index (χ3v) is 1.70. The molecule has 1 heterocycles. The fraction of sp³-hybridized carbons (Fsp3) is 0.125. The number of hydrogen-bond donors (Lipinski definition) is 2. The number of aliphatic carboxylic acids is 1. The lowest BCUT2D eigenvalue weighted by atomic mass is 10.1.